The molecule has 2 atom stereocenters. The second kappa shape index (κ2) is 11.2. The van der Waals surface area contributed by atoms with Gasteiger partial charge in [-0.15, -0.1) is 11.3 Å². The number of para-hydroxylation sites is 1. The zero-order valence-corrected chi connectivity index (χ0v) is 30.1. The van der Waals surface area contributed by atoms with E-state index in [4.69, 9.17) is 4.42 Å². The van der Waals surface area contributed by atoms with Crippen LogP contribution in [-0.4, -0.2) is 0 Å². The predicted octanol–water partition coefficient (Wildman–Crippen LogP) is 13.9. The van der Waals surface area contributed by atoms with E-state index in [0.29, 0.717) is 0 Å². The number of thiophene rings is 1. The SMILES string of the molecule is CC1(C)C2=C(c3cccc(N(c4ccccc4)c4ccc5sc6ccccc6c5c4)c31)c1oc3cc(C4=CC=CCC4)ccc3c1C1C=CC=CC21. The highest BCUT2D eigenvalue weighted by Crippen LogP contribution is 2.63. The zero-order valence-electron chi connectivity index (χ0n) is 29.3. The summed E-state index contributed by atoms with van der Waals surface area (Å²) < 4.78 is 9.75. The van der Waals surface area contributed by atoms with Gasteiger partial charge in [-0.05, 0) is 89.2 Å². The van der Waals surface area contributed by atoms with Crippen LogP contribution in [0.25, 0.3) is 42.3 Å². The minimum atomic E-state index is -0.257. The van der Waals surface area contributed by atoms with E-state index in [1.807, 2.05) is 11.3 Å². The molecule has 0 aliphatic heterocycles. The lowest BCUT2D eigenvalue weighted by Crippen LogP contribution is -2.29. The summed E-state index contributed by atoms with van der Waals surface area (Å²) in [4.78, 5) is 2.48. The van der Waals surface area contributed by atoms with E-state index >= 15 is 0 Å². The third-order valence-electron chi connectivity index (χ3n) is 11.9. The lowest BCUT2D eigenvalue weighted by atomic mass is 9.65. The molecule has 11 rings (SSSR count). The van der Waals surface area contributed by atoms with Crippen LogP contribution >= 0.6 is 11.3 Å². The predicted molar refractivity (Wildman–Crippen MR) is 220 cm³/mol. The first-order valence-corrected chi connectivity index (χ1v) is 19.3. The van der Waals surface area contributed by atoms with E-state index in [1.54, 1.807) is 0 Å². The summed E-state index contributed by atoms with van der Waals surface area (Å²) in [5.74, 6) is 1.51. The Morgan fingerprint density at radius 3 is 2.40 bits per heavy atom. The Hall–Kier alpha value is -5.64. The topological polar surface area (TPSA) is 16.4 Å². The van der Waals surface area contributed by atoms with Crippen LogP contribution in [0.15, 0.2) is 162 Å². The van der Waals surface area contributed by atoms with E-state index in [9.17, 15) is 0 Å². The third kappa shape index (κ3) is 4.23. The quantitative estimate of drug-likeness (QED) is 0.183. The van der Waals surface area contributed by atoms with Crippen molar-refractivity contribution < 1.29 is 4.42 Å². The normalized spacial score (nSPS) is 19.5. The fraction of sp³-hybridized carbons (Fsp3) is 0.143. The monoisotopic (exact) mass is 687 g/mol. The number of hydrogen-bond donors (Lipinski definition) is 0. The Bertz CT molecular complexity index is 2780. The molecule has 2 nitrogen and oxygen atoms in total. The Balaban J connectivity index is 1.14. The van der Waals surface area contributed by atoms with Gasteiger partial charge in [-0.3, -0.25) is 0 Å². The number of rotatable bonds is 4. The molecule has 7 aromatic rings. The number of fused-ring (bicyclic) bond motifs is 12. The van der Waals surface area contributed by atoms with Crippen LogP contribution in [0.1, 0.15) is 60.6 Å². The minimum Gasteiger partial charge on any atom is -0.456 e. The van der Waals surface area contributed by atoms with Crippen molar-refractivity contribution in [2.45, 2.75) is 38.0 Å². The van der Waals surface area contributed by atoms with Gasteiger partial charge in [0.1, 0.15) is 11.3 Å². The van der Waals surface area contributed by atoms with Crippen molar-refractivity contribution in [1.82, 2.24) is 0 Å². The van der Waals surface area contributed by atoms with Crippen LogP contribution in [0, 0.1) is 5.92 Å². The maximum absolute atomic E-state index is 7.11. The average Bonchev–Trinajstić information content (AvgIpc) is 3.83. The Labute approximate surface area is 308 Å². The largest absolute Gasteiger partial charge is 0.456 e. The van der Waals surface area contributed by atoms with Crippen molar-refractivity contribution in [2.24, 2.45) is 5.92 Å². The van der Waals surface area contributed by atoms with Gasteiger partial charge >= 0.3 is 0 Å². The zero-order chi connectivity index (χ0) is 34.6. The molecule has 0 spiro atoms. The first kappa shape index (κ1) is 30.0. The van der Waals surface area contributed by atoms with Crippen LogP contribution in [0.5, 0.6) is 0 Å². The molecule has 52 heavy (non-hydrogen) atoms. The van der Waals surface area contributed by atoms with Crippen LogP contribution in [0.4, 0.5) is 17.1 Å². The van der Waals surface area contributed by atoms with Gasteiger partial charge in [-0.1, -0.05) is 117 Å². The molecule has 5 aromatic carbocycles. The first-order valence-electron chi connectivity index (χ1n) is 18.5. The Morgan fingerprint density at radius 2 is 1.54 bits per heavy atom. The standard InChI is InChI=1S/C49H37NOS/c1-49(2)46-38(21-13-22-40(46)50(32-16-7-4-8-17-32)33-25-27-43-39(29-33)34-18-11-12-23-42(34)52-43)45-47(49)36-20-10-9-19-35(36)44-37-26-24-31(28-41(37)51-48(44)45)30-14-5-3-6-15-30/h3-5,7-14,16-29,35-36H,6,15H2,1-2H3. The number of anilines is 3. The van der Waals surface area contributed by atoms with E-state index < -0.39 is 0 Å². The van der Waals surface area contributed by atoms with Crippen LogP contribution < -0.4 is 4.90 Å². The van der Waals surface area contributed by atoms with E-state index in [2.05, 4.69) is 170 Å². The van der Waals surface area contributed by atoms with E-state index in [-0.39, 0.29) is 17.3 Å². The highest BCUT2D eigenvalue weighted by molar-refractivity contribution is 7.25. The molecule has 2 aromatic heterocycles. The Kier molecular flexibility index (Phi) is 6.46. The van der Waals surface area contributed by atoms with Crippen molar-refractivity contribution >= 4 is 70.7 Å². The highest BCUT2D eigenvalue weighted by atomic mass is 32.1. The minimum absolute atomic E-state index is 0.222. The summed E-state index contributed by atoms with van der Waals surface area (Å²) in [7, 11) is 0. The van der Waals surface area contributed by atoms with E-state index in [1.165, 1.54) is 75.9 Å². The molecule has 0 N–H and O–H groups in total. The van der Waals surface area contributed by atoms with Crippen LogP contribution in [-0.2, 0) is 5.41 Å². The summed E-state index contributed by atoms with van der Waals surface area (Å²) >= 11 is 1.87. The second-order valence-electron chi connectivity index (χ2n) is 15.1. The van der Waals surface area contributed by atoms with Crippen LogP contribution in [0.2, 0.25) is 0 Å². The molecule has 0 bridgehead atoms. The number of benzene rings is 5. The number of furan rings is 1. The number of allylic oxidation sites excluding steroid dienone is 9. The summed E-state index contributed by atoms with van der Waals surface area (Å²) in [5.41, 5.74) is 13.6. The summed E-state index contributed by atoms with van der Waals surface area (Å²) in [6.07, 6.45) is 18.2. The molecular weight excluding hydrogens is 651 g/mol. The van der Waals surface area contributed by atoms with Crippen molar-refractivity contribution in [3.8, 4) is 0 Å². The molecule has 4 aliphatic rings. The molecular formula is C49H37NOS. The Morgan fingerprint density at radius 1 is 0.712 bits per heavy atom. The van der Waals surface area contributed by atoms with Crippen LogP contribution in [0.3, 0.4) is 0 Å². The lowest BCUT2D eigenvalue weighted by Gasteiger charge is -2.38. The van der Waals surface area contributed by atoms with Gasteiger partial charge in [0.15, 0.2) is 0 Å². The second-order valence-corrected chi connectivity index (χ2v) is 16.2. The maximum atomic E-state index is 7.11. The van der Waals surface area contributed by atoms with E-state index in [0.717, 1.165) is 29.9 Å². The van der Waals surface area contributed by atoms with Gasteiger partial charge in [0.2, 0.25) is 0 Å². The summed E-state index contributed by atoms with van der Waals surface area (Å²) in [6.45, 7) is 4.88. The van der Waals surface area contributed by atoms with Gasteiger partial charge in [-0.2, -0.15) is 0 Å². The molecule has 2 heterocycles. The van der Waals surface area contributed by atoms with Gasteiger partial charge < -0.3 is 9.32 Å². The smallest absolute Gasteiger partial charge is 0.139 e. The fourth-order valence-corrected chi connectivity index (χ4v) is 10.8. The molecule has 250 valence electrons. The first-order chi connectivity index (χ1) is 25.6. The molecule has 0 radical (unpaired) electrons. The third-order valence-corrected chi connectivity index (χ3v) is 13.0. The molecule has 3 heteroatoms. The molecule has 0 fully saturated rings. The molecule has 2 unspecified atom stereocenters. The number of nitrogens with zero attached hydrogens (tertiary/aromatic N) is 1. The van der Waals surface area contributed by atoms with Crippen molar-refractivity contribution in [1.29, 1.82) is 0 Å². The molecule has 4 aliphatic carbocycles. The number of hydrogen-bond acceptors (Lipinski definition) is 3. The molecule has 0 saturated heterocycles. The highest BCUT2D eigenvalue weighted by Gasteiger charge is 2.50. The van der Waals surface area contributed by atoms with Gasteiger partial charge in [-0.25, -0.2) is 0 Å². The summed E-state index contributed by atoms with van der Waals surface area (Å²) in [5, 5.41) is 3.85. The van der Waals surface area contributed by atoms with Gasteiger partial charge in [0.05, 0.1) is 5.69 Å². The molecule has 0 saturated carbocycles. The molecule has 0 amide bonds. The van der Waals surface area contributed by atoms with Crippen molar-refractivity contribution in [3.63, 3.8) is 0 Å². The maximum Gasteiger partial charge on any atom is 0.139 e. The van der Waals surface area contributed by atoms with Gasteiger partial charge in [0, 0.05) is 65.3 Å². The average molecular weight is 688 g/mol. The summed E-state index contributed by atoms with van der Waals surface area (Å²) in [6, 6.07) is 40.5. The van der Waals surface area contributed by atoms with Gasteiger partial charge in [0.25, 0.3) is 0 Å². The lowest BCUT2D eigenvalue weighted by molar-refractivity contribution is 0.507. The fourth-order valence-electron chi connectivity index (χ4n) is 9.70. The van der Waals surface area contributed by atoms with Crippen molar-refractivity contribution in [2.75, 3.05) is 4.90 Å². The van der Waals surface area contributed by atoms with Crippen molar-refractivity contribution in [3.05, 3.63) is 185 Å².